The van der Waals surface area contributed by atoms with Crippen molar-refractivity contribution in [1.29, 1.82) is 0 Å². The molecule has 0 radical (unpaired) electrons. The molecule has 3 aromatic rings. The summed E-state index contributed by atoms with van der Waals surface area (Å²) in [6, 6.07) is 7.42. The van der Waals surface area contributed by atoms with Crippen molar-refractivity contribution in [3.8, 4) is 5.69 Å². The van der Waals surface area contributed by atoms with Gasteiger partial charge < -0.3 is 10.3 Å². The number of halogens is 1. The summed E-state index contributed by atoms with van der Waals surface area (Å²) in [5.41, 5.74) is 0.859. The molecular weight excluding hydrogens is 422 g/mol. The number of aromatic nitrogens is 4. The maximum absolute atomic E-state index is 12.7. The Morgan fingerprint density at radius 2 is 2.07 bits per heavy atom. The van der Waals surface area contributed by atoms with Crippen molar-refractivity contribution in [1.82, 2.24) is 25.1 Å². The van der Waals surface area contributed by atoms with Gasteiger partial charge >= 0.3 is 0 Å². The number of aromatic amines is 1. The fourth-order valence-corrected chi connectivity index (χ4v) is 4.70. The van der Waals surface area contributed by atoms with E-state index in [-0.39, 0.29) is 22.8 Å². The summed E-state index contributed by atoms with van der Waals surface area (Å²) >= 11 is 7.33. The Labute approximate surface area is 183 Å². The Kier molecular flexibility index (Phi) is 6.43. The molecule has 1 aliphatic carbocycles. The monoisotopic (exact) mass is 445 g/mol. The molecule has 158 valence electrons. The lowest BCUT2D eigenvalue weighted by atomic mass is 10.1. The van der Waals surface area contributed by atoms with Gasteiger partial charge in [-0.3, -0.25) is 9.59 Å². The van der Waals surface area contributed by atoms with Crippen LogP contribution in [0.4, 0.5) is 0 Å². The van der Waals surface area contributed by atoms with Crippen LogP contribution in [0.5, 0.6) is 0 Å². The largest absolute Gasteiger partial charge is 0.352 e. The minimum absolute atomic E-state index is 0.0296. The molecule has 4 rings (SSSR count). The summed E-state index contributed by atoms with van der Waals surface area (Å²) in [6.45, 7) is 1.83. The van der Waals surface area contributed by atoms with E-state index >= 15 is 0 Å². The van der Waals surface area contributed by atoms with E-state index in [1.807, 2.05) is 19.1 Å². The number of benzene rings is 1. The van der Waals surface area contributed by atoms with E-state index in [0.717, 1.165) is 25.7 Å². The molecule has 7 nitrogen and oxygen atoms in total. The normalized spacial score (nSPS) is 16.3. The first-order chi connectivity index (χ1) is 14.5. The molecule has 1 atom stereocenters. The Hall–Kier alpha value is -2.32. The number of nitrogens with one attached hydrogen (secondary N) is 2. The third kappa shape index (κ3) is 4.70. The second kappa shape index (κ2) is 9.22. The number of nitrogens with zero attached hydrogens (tertiary/aromatic N) is 3. The second-order valence-corrected chi connectivity index (χ2v) is 9.37. The van der Waals surface area contributed by atoms with Crippen LogP contribution < -0.4 is 10.9 Å². The summed E-state index contributed by atoms with van der Waals surface area (Å²) in [5.74, 6) is -0.0296. The van der Waals surface area contributed by atoms with Gasteiger partial charge in [0.1, 0.15) is 5.39 Å². The molecule has 0 saturated heterocycles. The summed E-state index contributed by atoms with van der Waals surface area (Å²) < 4.78 is 1.58. The summed E-state index contributed by atoms with van der Waals surface area (Å²) in [4.78, 5) is 32.5. The second-order valence-electron chi connectivity index (χ2n) is 7.60. The molecule has 0 aliphatic heterocycles. The van der Waals surface area contributed by atoms with Crippen LogP contribution in [-0.2, 0) is 4.79 Å². The van der Waals surface area contributed by atoms with Gasteiger partial charge in [0.15, 0.2) is 10.8 Å². The molecule has 1 saturated carbocycles. The molecule has 2 N–H and O–H groups in total. The van der Waals surface area contributed by atoms with E-state index < -0.39 is 0 Å². The quantitative estimate of drug-likeness (QED) is 0.350. The van der Waals surface area contributed by atoms with Crippen LogP contribution in [0.25, 0.3) is 16.7 Å². The number of rotatable bonds is 5. The van der Waals surface area contributed by atoms with Gasteiger partial charge in [-0.15, -0.1) is 0 Å². The van der Waals surface area contributed by atoms with Gasteiger partial charge in [-0.05, 0) is 38.0 Å². The summed E-state index contributed by atoms with van der Waals surface area (Å²) in [6.07, 6.45) is 8.34. The standard InChI is InChI=1S/C21H24ClN5O2S/c1-13(19(28)24-15-8-4-2-3-5-9-15)30-21-25-18-17(20(29)26-21)12-23-27(18)16-10-6-7-14(22)11-16/h6-7,10-13,15H,2-5,8-9H2,1H3,(H,24,28)(H,25,26,29)/t13-/m1/s1. The van der Waals surface area contributed by atoms with E-state index in [0.29, 0.717) is 26.9 Å². The van der Waals surface area contributed by atoms with Gasteiger partial charge in [0.2, 0.25) is 5.91 Å². The highest BCUT2D eigenvalue weighted by Crippen LogP contribution is 2.23. The fourth-order valence-electron chi connectivity index (χ4n) is 3.71. The number of carbonyl (C=O) groups is 1. The first kappa shape index (κ1) is 20.9. The van der Waals surface area contributed by atoms with Crippen LogP contribution in [0.2, 0.25) is 5.02 Å². The first-order valence-corrected chi connectivity index (χ1v) is 11.5. The highest BCUT2D eigenvalue weighted by molar-refractivity contribution is 8.00. The maximum atomic E-state index is 12.7. The zero-order valence-electron chi connectivity index (χ0n) is 16.7. The molecule has 1 aliphatic rings. The van der Waals surface area contributed by atoms with Gasteiger partial charge in [0.05, 0.1) is 17.1 Å². The number of carbonyl (C=O) groups excluding carboxylic acids is 1. The van der Waals surface area contributed by atoms with E-state index in [2.05, 4.69) is 20.4 Å². The Bertz CT molecular complexity index is 1100. The number of hydrogen-bond donors (Lipinski definition) is 2. The van der Waals surface area contributed by atoms with E-state index in [1.54, 1.807) is 16.8 Å². The Morgan fingerprint density at radius 3 is 2.80 bits per heavy atom. The van der Waals surface area contributed by atoms with Gasteiger partial charge in [-0.25, -0.2) is 9.67 Å². The van der Waals surface area contributed by atoms with Gasteiger partial charge in [0.25, 0.3) is 5.56 Å². The fraction of sp³-hybridized carbons (Fsp3) is 0.429. The molecule has 30 heavy (non-hydrogen) atoms. The smallest absolute Gasteiger partial charge is 0.262 e. The number of amides is 1. The molecule has 0 bridgehead atoms. The van der Waals surface area contributed by atoms with Crippen molar-refractivity contribution in [3.05, 3.63) is 45.8 Å². The topological polar surface area (TPSA) is 92.7 Å². The molecular formula is C21H24ClN5O2S. The van der Waals surface area contributed by atoms with Gasteiger partial charge in [-0.2, -0.15) is 5.10 Å². The van der Waals surface area contributed by atoms with Crippen molar-refractivity contribution in [2.45, 2.75) is 61.9 Å². The molecule has 0 unspecified atom stereocenters. The van der Waals surface area contributed by atoms with Crippen LogP contribution in [-0.4, -0.2) is 36.9 Å². The van der Waals surface area contributed by atoms with Crippen LogP contribution in [0, 0.1) is 0 Å². The number of fused-ring (bicyclic) bond motifs is 1. The Balaban J connectivity index is 1.54. The van der Waals surface area contributed by atoms with Crippen molar-refractivity contribution in [2.75, 3.05) is 0 Å². The predicted octanol–water partition coefficient (Wildman–Crippen LogP) is 4.08. The molecule has 1 aromatic carbocycles. The lowest BCUT2D eigenvalue weighted by Gasteiger charge is -2.19. The van der Waals surface area contributed by atoms with E-state index in [4.69, 9.17) is 11.6 Å². The maximum Gasteiger partial charge on any atom is 0.262 e. The van der Waals surface area contributed by atoms with Crippen molar-refractivity contribution in [2.24, 2.45) is 0 Å². The average Bonchev–Trinajstić information content (AvgIpc) is 2.98. The highest BCUT2D eigenvalue weighted by atomic mass is 35.5. The third-order valence-electron chi connectivity index (χ3n) is 5.33. The van der Waals surface area contributed by atoms with Crippen molar-refractivity contribution >= 4 is 40.3 Å². The predicted molar refractivity (Wildman–Crippen MR) is 119 cm³/mol. The molecule has 1 fully saturated rings. The average molecular weight is 446 g/mol. The van der Waals surface area contributed by atoms with Crippen molar-refractivity contribution < 1.29 is 4.79 Å². The summed E-state index contributed by atoms with van der Waals surface area (Å²) in [5, 5.41) is 8.42. The minimum atomic E-state index is -0.378. The molecule has 2 aromatic heterocycles. The third-order valence-corrected chi connectivity index (χ3v) is 6.55. The van der Waals surface area contributed by atoms with E-state index in [1.165, 1.54) is 30.8 Å². The van der Waals surface area contributed by atoms with E-state index in [9.17, 15) is 9.59 Å². The number of hydrogen-bond acceptors (Lipinski definition) is 5. The minimum Gasteiger partial charge on any atom is -0.352 e. The SMILES string of the molecule is C[C@@H](Sc1nc2c(cnn2-c2cccc(Cl)c2)c(=O)[nH]1)C(=O)NC1CCCCCC1. The Morgan fingerprint density at radius 1 is 1.30 bits per heavy atom. The number of thioether (sulfide) groups is 1. The van der Waals surface area contributed by atoms with Crippen LogP contribution >= 0.6 is 23.4 Å². The lowest BCUT2D eigenvalue weighted by molar-refractivity contribution is -0.121. The zero-order valence-corrected chi connectivity index (χ0v) is 18.3. The van der Waals surface area contributed by atoms with Crippen LogP contribution in [0.15, 0.2) is 40.4 Å². The van der Waals surface area contributed by atoms with Crippen LogP contribution in [0.3, 0.4) is 0 Å². The summed E-state index contributed by atoms with van der Waals surface area (Å²) in [7, 11) is 0. The molecule has 2 heterocycles. The van der Waals surface area contributed by atoms with Crippen molar-refractivity contribution in [3.63, 3.8) is 0 Å². The number of H-pyrrole nitrogens is 1. The van der Waals surface area contributed by atoms with Gasteiger partial charge in [-0.1, -0.05) is 55.1 Å². The zero-order chi connectivity index (χ0) is 21.1. The van der Waals surface area contributed by atoms with Crippen LogP contribution in [0.1, 0.15) is 45.4 Å². The lowest BCUT2D eigenvalue weighted by Crippen LogP contribution is -2.39. The first-order valence-electron chi connectivity index (χ1n) is 10.2. The molecule has 1 amide bonds. The molecule has 0 spiro atoms. The molecule has 9 heteroatoms. The highest BCUT2D eigenvalue weighted by Gasteiger charge is 2.21. The van der Waals surface area contributed by atoms with Gasteiger partial charge in [0, 0.05) is 11.1 Å².